The fraction of sp³-hybridized carbons (Fsp3) is 0.933. The van der Waals surface area contributed by atoms with Crippen molar-refractivity contribution in [3.8, 4) is 0 Å². The van der Waals surface area contributed by atoms with Crippen molar-refractivity contribution >= 4 is 17.0 Å². The Hall–Kier alpha value is 0.140. The van der Waals surface area contributed by atoms with Crippen LogP contribution < -0.4 is 0 Å². The number of nitrogens with zero attached hydrogens (tertiary/aromatic N) is 1. The van der Waals surface area contributed by atoms with Crippen molar-refractivity contribution in [1.82, 2.24) is 4.90 Å². The maximum atomic E-state index is 10.2. The summed E-state index contributed by atoms with van der Waals surface area (Å²) in [5.74, 6) is 5.46. The standard InChI is InChI=1S/C27H46O.C3H9N.BrH/c1-18(2)7-6-8-19(3)23-11-12-24-22-10-9-20-17-21(28)13-15-26(20,4)25(22)14-16-27(23,24)5;1-4(2)3;/h9,18-19,21-25,28H,6-8,10-17H2,1-5H3;1-3H3;1H/t19?,21-,22-,23+,24-,25-,26-,27+;;/m0../s1. The average Bonchev–Trinajstić information content (AvgIpc) is 3.05. The molecule has 3 saturated carbocycles. The highest BCUT2D eigenvalue weighted by Crippen LogP contribution is 2.67. The third kappa shape index (κ3) is 6.29. The molecule has 0 radical (unpaired) electrons. The minimum atomic E-state index is -0.0766. The zero-order valence-corrected chi connectivity index (χ0v) is 24.9. The van der Waals surface area contributed by atoms with Gasteiger partial charge in [-0.1, -0.05) is 65.5 Å². The molecule has 3 fully saturated rings. The quantitative estimate of drug-likeness (QED) is 0.366. The molecule has 0 aliphatic heterocycles. The van der Waals surface area contributed by atoms with E-state index < -0.39 is 0 Å². The first-order valence-corrected chi connectivity index (χ1v) is 14.0. The fourth-order valence-corrected chi connectivity index (χ4v) is 8.67. The van der Waals surface area contributed by atoms with Crippen LogP contribution in [-0.2, 0) is 0 Å². The molecule has 33 heavy (non-hydrogen) atoms. The van der Waals surface area contributed by atoms with E-state index in [4.69, 9.17) is 0 Å². The Labute approximate surface area is 217 Å². The van der Waals surface area contributed by atoms with Crippen LogP contribution >= 0.6 is 17.0 Å². The van der Waals surface area contributed by atoms with E-state index in [1.807, 2.05) is 26.0 Å². The van der Waals surface area contributed by atoms with Crippen LogP contribution in [0.1, 0.15) is 105 Å². The summed E-state index contributed by atoms with van der Waals surface area (Å²) in [6, 6.07) is 0. The van der Waals surface area contributed by atoms with Crippen molar-refractivity contribution < 1.29 is 5.11 Å². The maximum Gasteiger partial charge on any atom is 0.0577 e. The molecule has 0 aromatic rings. The number of allylic oxidation sites excluding steroid dienone is 1. The van der Waals surface area contributed by atoms with E-state index >= 15 is 0 Å². The van der Waals surface area contributed by atoms with Gasteiger partial charge in [0.1, 0.15) is 0 Å². The molecule has 0 aromatic heterocycles. The summed E-state index contributed by atoms with van der Waals surface area (Å²) in [6.45, 7) is 12.6. The van der Waals surface area contributed by atoms with E-state index in [1.165, 1.54) is 57.8 Å². The molecule has 194 valence electrons. The SMILES string of the molecule is Br.CC(C)CCCC(C)[C@H]1CC[C@H]2[C@@H]3CC=C4C[C@@H](O)CC[C@]4(C)[C@H]3CC[C@]12C.CN(C)C. The lowest BCUT2D eigenvalue weighted by Crippen LogP contribution is -2.50. The van der Waals surface area contributed by atoms with Gasteiger partial charge in [-0.3, -0.25) is 0 Å². The van der Waals surface area contributed by atoms with Crippen molar-refractivity contribution in [3.05, 3.63) is 11.6 Å². The number of aliphatic hydroxyl groups excluding tert-OH is 1. The normalized spacial score (nSPS) is 40.6. The smallest absolute Gasteiger partial charge is 0.0577 e. The molecular formula is C30H56BrNO. The zero-order valence-electron chi connectivity index (χ0n) is 23.2. The first-order valence-electron chi connectivity index (χ1n) is 14.0. The molecule has 0 amide bonds. The molecule has 4 aliphatic rings. The van der Waals surface area contributed by atoms with Gasteiger partial charge in [-0.2, -0.15) is 0 Å². The molecule has 4 rings (SSSR count). The monoisotopic (exact) mass is 525 g/mol. The van der Waals surface area contributed by atoms with Gasteiger partial charge in [0, 0.05) is 0 Å². The van der Waals surface area contributed by atoms with E-state index in [1.54, 1.807) is 5.57 Å². The van der Waals surface area contributed by atoms with Crippen LogP contribution in [0, 0.1) is 46.3 Å². The van der Waals surface area contributed by atoms with Gasteiger partial charge < -0.3 is 10.0 Å². The lowest BCUT2D eigenvalue weighted by atomic mass is 9.47. The van der Waals surface area contributed by atoms with Gasteiger partial charge in [-0.05, 0) is 119 Å². The van der Waals surface area contributed by atoms with Crippen LogP contribution in [0.5, 0.6) is 0 Å². The number of fused-ring (bicyclic) bond motifs is 5. The summed E-state index contributed by atoms with van der Waals surface area (Å²) >= 11 is 0. The Kier molecular flexibility index (Phi) is 10.6. The van der Waals surface area contributed by atoms with Gasteiger partial charge in [0.25, 0.3) is 0 Å². The largest absolute Gasteiger partial charge is 0.393 e. The zero-order chi connectivity index (χ0) is 23.7. The van der Waals surface area contributed by atoms with E-state index in [0.717, 1.165) is 48.3 Å². The van der Waals surface area contributed by atoms with Crippen LogP contribution in [0.4, 0.5) is 0 Å². The van der Waals surface area contributed by atoms with E-state index in [0.29, 0.717) is 10.8 Å². The lowest BCUT2D eigenvalue weighted by molar-refractivity contribution is -0.0573. The van der Waals surface area contributed by atoms with Crippen LogP contribution in [0.25, 0.3) is 0 Å². The van der Waals surface area contributed by atoms with Gasteiger partial charge in [0.2, 0.25) is 0 Å². The highest BCUT2D eigenvalue weighted by atomic mass is 79.9. The summed E-state index contributed by atoms with van der Waals surface area (Å²) in [6.07, 6.45) is 17.2. The van der Waals surface area contributed by atoms with Crippen LogP contribution in [0.2, 0.25) is 0 Å². The number of hydrogen-bond acceptors (Lipinski definition) is 2. The van der Waals surface area contributed by atoms with Crippen molar-refractivity contribution in [3.63, 3.8) is 0 Å². The number of hydrogen-bond donors (Lipinski definition) is 1. The summed E-state index contributed by atoms with van der Waals surface area (Å²) in [5, 5.41) is 10.2. The maximum absolute atomic E-state index is 10.2. The lowest BCUT2D eigenvalue weighted by Gasteiger charge is -2.58. The first kappa shape index (κ1) is 29.4. The Morgan fingerprint density at radius 2 is 1.64 bits per heavy atom. The highest BCUT2D eigenvalue weighted by Gasteiger charge is 2.59. The minimum absolute atomic E-state index is 0. The topological polar surface area (TPSA) is 23.5 Å². The van der Waals surface area contributed by atoms with Crippen LogP contribution in [0.3, 0.4) is 0 Å². The molecule has 0 bridgehead atoms. The summed E-state index contributed by atoms with van der Waals surface area (Å²) in [7, 11) is 6.00. The molecule has 2 nitrogen and oxygen atoms in total. The third-order valence-electron chi connectivity index (χ3n) is 10.3. The molecule has 0 spiro atoms. The molecule has 0 saturated heterocycles. The van der Waals surface area contributed by atoms with E-state index in [-0.39, 0.29) is 23.1 Å². The number of halogens is 1. The average molecular weight is 527 g/mol. The van der Waals surface area contributed by atoms with Gasteiger partial charge in [-0.25, -0.2) is 0 Å². The Bertz CT molecular complexity index is 642. The fourth-order valence-electron chi connectivity index (χ4n) is 8.67. The second kappa shape index (κ2) is 11.9. The second-order valence-electron chi connectivity index (χ2n) is 13.5. The van der Waals surface area contributed by atoms with E-state index in [2.05, 4.69) is 40.7 Å². The minimum Gasteiger partial charge on any atom is -0.393 e. The summed E-state index contributed by atoms with van der Waals surface area (Å²) in [4.78, 5) is 2.00. The number of aliphatic hydroxyl groups is 1. The van der Waals surface area contributed by atoms with Crippen molar-refractivity contribution in [2.45, 2.75) is 111 Å². The summed E-state index contributed by atoms with van der Waals surface area (Å²) < 4.78 is 0. The van der Waals surface area contributed by atoms with Crippen LogP contribution in [-0.4, -0.2) is 37.3 Å². The predicted octanol–water partition coefficient (Wildman–Crippen LogP) is 8.14. The Morgan fingerprint density at radius 1 is 0.970 bits per heavy atom. The van der Waals surface area contributed by atoms with Gasteiger partial charge in [-0.15, -0.1) is 17.0 Å². The predicted molar refractivity (Wildman–Crippen MR) is 149 cm³/mol. The number of rotatable bonds is 5. The van der Waals surface area contributed by atoms with E-state index in [9.17, 15) is 5.11 Å². The molecule has 0 aromatic carbocycles. The highest BCUT2D eigenvalue weighted by molar-refractivity contribution is 8.93. The molecule has 3 heteroatoms. The summed E-state index contributed by atoms with van der Waals surface area (Å²) in [5.41, 5.74) is 2.60. The molecule has 1 unspecified atom stereocenters. The molecular weight excluding hydrogens is 470 g/mol. The van der Waals surface area contributed by atoms with Gasteiger partial charge >= 0.3 is 0 Å². The van der Waals surface area contributed by atoms with Crippen molar-refractivity contribution in [1.29, 1.82) is 0 Å². The molecule has 8 atom stereocenters. The van der Waals surface area contributed by atoms with Crippen LogP contribution in [0.15, 0.2) is 11.6 Å². The first-order chi connectivity index (χ1) is 15.0. The molecule has 1 N–H and O–H groups in total. The van der Waals surface area contributed by atoms with Crippen molar-refractivity contribution in [2.75, 3.05) is 21.1 Å². The Balaban J connectivity index is 0.000000714. The Morgan fingerprint density at radius 3 is 2.27 bits per heavy atom. The second-order valence-corrected chi connectivity index (χ2v) is 13.5. The van der Waals surface area contributed by atoms with Gasteiger partial charge in [0.15, 0.2) is 0 Å². The van der Waals surface area contributed by atoms with Gasteiger partial charge in [0.05, 0.1) is 6.10 Å². The third-order valence-corrected chi connectivity index (χ3v) is 10.3. The molecule has 0 heterocycles. The van der Waals surface area contributed by atoms with Crippen molar-refractivity contribution in [2.24, 2.45) is 46.3 Å². The molecule has 4 aliphatic carbocycles.